The molecule has 0 aliphatic rings. The van der Waals surface area contributed by atoms with Gasteiger partial charge in [0.1, 0.15) is 12.7 Å². The largest absolute Gasteiger partial charge is 0.472 e. The summed E-state index contributed by atoms with van der Waals surface area (Å²) in [5.74, 6) is -1.50. The monoisotopic (exact) mass is 1090 g/mol. The molecular formula is C64H113O11P. The first-order valence-corrected chi connectivity index (χ1v) is 32.3. The number of carbonyl (C=O) groups excluding carboxylic acids is 3. The second kappa shape index (κ2) is 58.1. The lowest BCUT2D eigenvalue weighted by atomic mass is 10.0. The van der Waals surface area contributed by atoms with E-state index in [2.05, 4.69) is 93.7 Å². The molecule has 0 aromatic carbocycles. The average molecular weight is 1090 g/mol. The Bertz CT molecular complexity index is 1550. The van der Waals surface area contributed by atoms with Gasteiger partial charge in [0, 0.05) is 19.3 Å². The van der Waals surface area contributed by atoms with Gasteiger partial charge in [-0.2, -0.15) is 0 Å². The van der Waals surface area contributed by atoms with Gasteiger partial charge in [0.15, 0.2) is 6.10 Å². The van der Waals surface area contributed by atoms with Crippen molar-refractivity contribution in [3.8, 4) is 0 Å². The van der Waals surface area contributed by atoms with Crippen LogP contribution in [0.2, 0.25) is 0 Å². The molecule has 0 saturated heterocycles. The molecule has 0 aliphatic carbocycles. The molecule has 440 valence electrons. The molecule has 0 fully saturated rings. The maximum atomic E-state index is 12.9. The number of ether oxygens (including phenoxy) is 3. The van der Waals surface area contributed by atoms with Crippen LogP contribution in [0, 0.1) is 0 Å². The van der Waals surface area contributed by atoms with Gasteiger partial charge in [0.2, 0.25) is 0 Å². The second-order valence-corrected chi connectivity index (χ2v) is 21.9. The fourth-order valence-electron chi connectivity index (χ4n) is 8.42. The van der Waals surface area contributed by atoms with Crippen LogP contribution in [-0.2, 0) is 42.2 Å². The predicted molar refractivity (Wildman–Crippen MR) is 316 cm³/mol. The standard InChI is InChI=1S/C64H113O11P/c1-4-7-10-13-16-19-22-24-26-28-30-32-34-36-39-41-44-47-50-53-62(66)71-57-61(75-64(68)55-52-49-46-43-40-37-35-33-31-29-27-25-23-20-17-14-11-8-5-2)59-73-76(69,70)72-58-60(56-65)74-63(67)54-51-48-45-42-38-21-18-15-12-9-6-3/h7,10,15-16,18-19,24,26,30,32,36,39,60-61,65H,4-6,8-9,11-14,17,20-23,25,27-29,31,33-35,37-38,40-59H2,1-3H3,(H,69,70)/b10-7-,18-15-,19-16-,26-24-,32-30-,39-36-. The normalized spacial score (nSPS) is 13.8. The fraction of sp³-hybridized carbons (Fsp3) is 0.766. The number of phosphoric acid groups is 1. The van der Waals surface area contributed by atoms with Crippen LogP contribution in [0.1, 0.15) is 278 Å². The van der Waals surface area contributed by atoms with Gasteiger partial charge in [-0.3, -0.25) is 23.4 Å². The number of carbonyl (C=O) groups is 3. The Labute approximate surface area is 465 Å². The third-order valence-corrected chi connectivity index (χ3v) is 14.1. The number of phosphoric ester groups is 1. The number of aliphatic hydroxyl groups is 1. The molecule has 3 unspecified atom stereocenters. The van der Waals surface area contributed by atoms with Gasteiger partial charge >= 0.3 is 25.7 Å². The SMILES string of the molecule is CC/C=C\C/C=C\C/C=C\C/C=C\C/C=C\CCCCCC(=O)OCC(COP(=O)(O)OCC(CO)OC(=O)CCCCCCC/C=C\CCCC)OC(=O)CCCCCCCCCCCCCCCCCCCCC. The van der Waals surface area contributed by atoms with Crippen LogP contribution in [0.4, 0.5) is 0 Å². The number of rotatable bonds is 57. The van der Waals surface area contributed by atoms with Gasteiger partial charge in [0.05, 0.1) is 19.8 Å². The van der Waals surface area contributed by atoms with Crippen LogP contribution < -0.4 is 0 Å². The summed E-state index contributed by atoms with van der Waals surface area (Å²) in [6, 6.07) is 0. The van der Waals surface area contributed by atoms with Crippen LogP contribution in [0.15, 0.2) is 72.9 Å². The summed E-state index contributed by atoms with van der Waals surface area (Å²) >= 11 is 0. The quantitative estimate of drug-likeness (QED) is 0.0197. The molecule has 0 saturated carbocycles. The molecule has 0 heterocycles. The summed E-state index contributed by atoms with van der Waals surface area (Å²) in [7, 11) is -4.76. The van der Waals surface area contributed by atoms with Crippen LogP contribution in [-0.4, -0.2) is 66.5 Å². The molecule has 0 aromatic heterocycles. The number of hydrogen-bond donors (Lipinski definition) is 2. The highest BCUT2D eigenvalue weighted by Crippen LogP contribution is 2.43. The lowest BCUT2D eigenvalue weighted by Crippen LogP contribution is -2.30. The van der Waals surface area contributed by atoms with Gasteiger partial charge in [0.25, 0.3) is 0 Å². The summed E-state index contributed by atoms with van der Waals surface area (Å²) in [4.78, 5) is 48.6. The van der Waals surface area contributed by atoms with Crippen LogP contribution in [0.3, 0.4) is 0 Å². The van der Waals surface area contributed by atoms with Crippen molar-refractivity contribution < 1.29 is 52.2 Å². The Balaban J connectivity index is 4.74. The highest BCUT2D eigenvalue weighted by molar-refractivity contribution is 7.47. The molecular weight excluding hydrogens is 976 g/mol. The van der Waals surface area contributed by atoms with Crippen molar-refractivity contribution in [2.45, 2.75) is 290 Å². The van der Waals surface area contributed by atoms with E-state index in [9.17, 15) is 28.9 Å². The first-order valence-electron chi connectivity index (χ1n) is 30.8. The third-order valence-electron chi connectivity index (χ3n) is 13.1. The van der Waals surface area contributed by atoms with Crippen LogP contribution >= 0.6 is 7.82 Å². The number of aliphatic hydroxyl groups excluding tert-OH is 1. The van der Waals surface area contributed by atoms with Crippen molar-refractivity contribution in [1.82, 2.24) is 0 Å². The van der Waals surface area contributed by atoms with Crippen molar-refractivity contribution in [2.24, 2.45) is 0 Å². The van der Waals surface area contributed by atoms with Crippen molar-refractivity contribution in [2.75, 3.05) is 26.4 Å². The van der Waals surface area contributed by atoms with Crippen molar-refractivity contribution >= 4 is 25.7 Å². The van der Waals surface area contributed by atoms with Crippen molar-refractivity contribution in [3.63, 3.8) is 0 Å². The van der Waals surface area contributed by atoms with E-state index in [1.165, 1.54) is 109 Å². The first-order chi connectivity index (χ1) is 37.2. The zero-order valence-corrected chi connectivity index (χ0v) is 49.6. The van der Waals surface area contributed by atoms with Crippen LogP contribution in [0.5, 0.6) is 0 Å². The second-order valence-electron chi connectivity index (χ2n) is 20.5. The highest BCUT2D eigenvalue weighted by atomic mass is 31.2. The summed E-state index contributed by atoms with van der Waals surface area (Å²) in [6.07, 6.45) is 65.8. The number of allylic oxidation sites excluding steroid dienone is 12. The lowest BCUT2D eigenvalue weighted by Gasteiger charge is -2.21. The molecule has 0 aliphatic heterocycles. The minimum atomic E-state index is -4.76. The van der Waals surface area contributed by atoms with Gasteiger partial charge < -0.3 is 24.2 Å². The molecule has 0 radical (unpaired) electrons. The zero-order chi connectivity index (χ0) is 55.5. The summed E-state index contributed by atoms with van der Waals surface area (Å²) < 4.78 is 39.6. The average Bonchev–Trinajstić information content (AvgIpc) is 3.41. The number of unbranched alkanes of at least 4 members (excludes halogenated alkanes) is 28. The lowest BCUT2D eigenvalue weighted by molar-refractivity contribution is -0.161. The maximum absolute atomic E-state index is 12.9. The molecule has 11 nitrogen and oxygen atoms in total. The number of esters is 3. The first kappa shape index (κ1) is 72.9. The minimum absolute atomic E-state index is 0.162. The minimum Gasteiger partial charge on any atom is -0.462 e. The van der Waals surface area contributed by atoms with E-state index in [-0.39, 0.29) is 25.9 Å². The van der Waals surface area contributed by atoms with Gasteiger partial charge in [-0.15, -0.1) is 0 Å². The predicted octanol–water partition coefficient (Wildman–Crippen LogP) is 18.5. The maximum Gasteiger partial charge on any atom is 0.472 e. The molecule has 76 heavy (non-hydrogen) atoms. The fourth-order valence-corrected chi connectivity index (χ4v) is 9.21. The molecule has 12 heteroatoms. The third kappa shape index (κ3) is 55.7. The summed E-state index contributed by atoms with van der Waals surface area (Å²) in [6.45, 7) is 4.48. The topological polar surface area (TPSA) is 155 Å². The summed E-state index contributed by atoms with van der Waals surface area (Å²) in [5.41, 5.74) is 0. The summed E-state index contributed by atoms with van der Waals surface area (Å²) in [5, 5.41) is 9.81. The van der Waals surface area contributed by atoms with Gasteiger partial charge in [-0.1, -0.05) is 248 Å². The molecule has 2 N–H and O–H groups in total. The van der Waals surface area contributed by atoms with E-state index in [1.54, 1.807) is 0 Å². The smallest absolute Gasteiger partial charge is 0.462 e. The zero-order valence-electron chi connectivity index (χ0n) is 48.7. The van der Waals surface area contributed by atoms with Gasteiger partial charge in [-0.25, -0.2) is 4.57 Å². The van der Waals surface area contributed by atoms with E-state index in [4.69, 9.17) is 23.3 Å². The molecule has 0 aromatic rings. The van der Waals surface area contributed by atoms with E-state index in [0.717, 1.165) is 109 Å². The molecule has 0 amide bonds. The van der Waals surface area contributed by atoms with Crippen molar-refractivity contribution in [1.29, 1.82) is 0 Å². The molecule has 0 spiro atoms. The Morgan fingerprint density at radius 1 is 0.382 bits per heavy atom. The molecule has 0 rings (SSSR count). The molecule has 3 atom stereocenters. The van der Waals surface area contributed by atoms with E-state index >= 15 is 0 Å². The Morgan fingerprint density at radius 3 is 1.12 bits per heavy atom. The Hall–Kier alpha value is -3.08. The Kier molecular flexibility index (Phi) is 55.7. The van der Waals surface area contributed by atoms with Crippen LogP contribution in [0.25, 0.3) is 0 Å². The van der Waals surface area contributed by atoms with E-state index < -0.39 is 57.8 Å². The Morgan fingerprint density at radius 2 is 0.697 bits per heavy atom. The number of hydrogen-bond acceptors (Lipinski definition) is 10. The van der Waals surface area contributed by atoms with E-state index in [1.807, 2.05) is 0 Å². The highest BCUT2D eigenvalue weighted by Gasteiger charge is 2.28. The van der Waals surface area contributed by atoms with Crippen molar-refractivity contribution in [3.05, 3.63) is 72.9 Å². The van der Waals surface area contributed by atoms with Gasteiger partial charge in [-0.05, 0) is 83.5 Å². The van der Waals surface area contributed by atoms with E-state index in [0.29, 0.717) is 19.3 Å². The molecule has 0 bridgehead atoms.